The van der Waals surface area contributed by atoms with E-state index in [1.165, 1.54) is 12.4 Å². The smallest absolute Gasteiger partial charge is 0.257 e. The van der Waals surface area contributed by atoms with Crippen LogP contribution in [0.1, 0.15) is 22.8 Å². The molecule has 1 N–H and O–H groups in total. The van der Waals surface area contributed by atoms with Gasteiger partial charge < -0.3 is 19.9 Å². The summed E-state index contributed by atoms with van der Waals surface area (Å²) in [7, 11) is 1.66. The summed E-state index contributed by atoms with van der Waals surface area (Å²) >= 11 is 0. The molecular weight excluding hydrogens is 358 g/mol. The molecule has 0 bridgehead atoms. The normalized spacial score (nSPS) is 13.9. The molecule has 0 spiro atoms. The number of piperazine rings is 1. The average molecular weight is 383 g/mol. The van der Waals surface area contributed by atoms with Crippen molar-refractivity contribution in [3.63, 3.8) is 0 Å². The fourth-order valence-electron chi connectivity index (χ4n) is 3.16. The molecular formula is C20H25N5O3. The Bertz CT molecular complexity index is 817. The molecule has 0 saturated carbocycles. The highest BCUT2D eigenvalue weighted by Crippen LogP contribution is 2.17. The van der Waals surface area contributed by atoms with Crippen LogP contribution in [-0.4, -0.2) is 71.4 Å². The van der Waals surface area contributed by atoms with E-state index in [2.05, 4.69) is 15.3 Å². The van der Waals surface area contributed by atoms with Gasteiger partial charge in [-0.3, -0.25) is 9.59 Å². The number of nitrogens with one attached hydrogen (secondary N) is 1. The maximum atomic E-state index is 12.6. The van der Waals surface area contributed by atoms with Crippen molar-refractivity contribution >= 4 is 17.8 Å². The maximum Gasteiger partial charge on any atom is 0.257 e. The number of rotatable bonds is 6. The van der Waals surface area contributed by atoms with E-state index in [1.54, 1.807) is 23.8 Å². The van der Waals surface area contributed by atoms with Crippen LogP contribution in [0.25, 0.3) is 0 Å². The summed E-state index contributed by atoms with van der Waals surface area (Å²) < 4.78 is 5.34. The average Bonchev–Trinajstić information content (AvgIpc) is 2.74. The summed E-state index contributed by atoms with van der Waals surface area (Å²) in [6.45, 7) is 4.37. The van der Waals surface area contributed by atoms with Gasteiger partial charge in [-0.2, -0.15) is 0 Å². The Morgan fingerprint density at radius 1 is 1.07 bits per heavy atom. The number of benzene rings is 1. The molecule has 0 unspecified atom stereocenters. The molecule has 148 valence electrons. The van der Waals surface area contributed by atoms with Crippen molar-refractivity contribution in [2.45, 2.75) is 13.3 Å². The van der Waals surface area contributed by atoms with Gasteiger partial charge in [-0.1, -0.05) is 18.2 Å². The van der Waals surface area contributed by atoms with Crippen LogP contribution in [-0.2, 0) is 11.2 Å². The quantitative estimate of drug-likeness (QED) is 0.812. The maximum absolute atomic E-state index is 12.6. The summed E-state index contributed by atoms with van der Waals surface area (Å²) in [5, 5.41) is 3.16. The number of nitrogens with zero attached hydrogens (tertiary/aromatic N) is 4. The topological polar surface area (TPSA) is 87.7 Å². The van der Waals surface area contributed by atoms with Gasteiger partial charge in [-0.25, -0.2) is 9.97 Å². The van der Waals surface area contributed by atoms with Crippen LogP contribution in [0.4, 0.5) is 5.95 Å². The van der Waals surface area contributed by atoms with Crippen molar-refractivity contribution in [3.05, 3.63) is 47.8 Å². The number of amides is 2. The van der Waals surface area contributed by atoms with E-state index in [0.717, 1.165) is 17.7 Å². The van der Waals surface area contributed by atoms with Crippen molar-refractivity contribution in [1.29, 1.82) is 0 Å². The SMILES string of the molecule is COc1ccccc1CCNc1ncc(C(=O)N2CCN(C(C)=O)CC2)cn1. The first-order chi connectivity index (χ1) is 13.6. The summed E-state index contributed by atoms with van der Waals surface area (Å²) in [4.78, 5) is 35.9. The molecule has 3 rings (SSSR count). The largest absolute Gasteiger partial charge is 0.496 e. The first-order valence-corrected chi connectivity index (χ1v) is 9.31. The van der Waals surface area contributed by atoms with Gasteiger partial charge in [0.2, 0.25) is 11.9 Å². The molecule has 8 nitrogen and oxygen atoms in total. The third-order valence-electron chi connectivity index (χ3n) is 4.78. The summed E-state index contributed by atoms with van der Waals surface area (Å²) in [6, 6.07) is 7.87. The van der Waals surface area contributed by atoms with E-state index in [9.17, 15) is 9.59 Å². The predicted octanol–water partition coefficient (Wildman–Crippen LogP) is 1.44. The highest BCUT2D eigenvalue weighted by Gasteiger charge is 2.23. The Morgan fingerprint density at radius 2 is 1.71 bits per heavy atom. The number of hydrogen-bond donors (Lipinski definition) is 1. The first-order valence-electron chi connectivity index (χ1n) is 9.31. The molecule has 0 atom stereocenters. The van der Waals surface area contributed by atoms with E-state index in [1.807, 2.05) is 24.3 Å². The van der Waals surface area contributed by atoms with Crippen LogP contribution in [0.3, 0.4) is 0 Å². The Kier molecular flexibility index (Phi) is 6.41. The fourth-order valence-corrected chi connectivity index (χ4v) is 3.16. The van der Waals surface area contributed by atoms with Crippen molar-refractivity contribution < 1.29 is 14.3 Å². The van der Waals surface area contributed by atoms with Crippen LogP contribution < -0.4 is 10.1 Å². The van der Waals surface area contributed by atoms with Gasteiger partial charge in [-0.15, -0.1) is 0 Å². The van der Waals surface area contributed by atoms with Crippen molar-refractivity contribution in [2.75, 3.05) is 45.2 Å². The van der Waals surface area contributed by atoms with E-state index in [0.29, 0.717) is 44.2 Å². The lowest BCUT2D eigenvalue weighted by Gasteiger charge is -2.34. The van der Waals surface area contributed by atoms with Crippen molar-refractivity contribution in [1.82, 2.24) is 19.8 Å². The second kappa shape index (κ2) is 9.16. The van der Waals surface area contributed by atoms with Crippen molar-refractivity contribution in [3.8, 4) is 5.75 Å². The Labute approximate surface area is 164 Å². The minimum atomic E-state index is -0.108. The minimum absolute atomic E-state index is 0.0407. The molecule has 1 aliphatic heterocycles. The van der Waals surface area contributed by atoms with Crippen LogP contribution >= 0.6 is 0 Å². The lowest BCUT2D eigenvalue weighted by molar-refractivity contribution is -0.130. The van der Waals surface area contributed by atoms with Gasteiger partial charge in [0.05, 0.1) is 12.7 Å². The number of hydrogen-bond acceptors (Lipinski definition) is 6. The zero-order chi connectivity index (χ0) is 19.9. The minimum Gasteiger partial charge on any atom is -0.496 e. The third kappa shape index (κ3) is 4.76. The summed E-state index contributed by atoms with van der Waals surface area (Å²) in [5.41, 5.74) is 1.56. The molecule has 1 aromatic heterocycles. The molecule has 0 aliphatic carbocycles. The number of para-hydroxylation sites is 1. The van der Waals surface area contributed by atoms with E-state index in [4.69, 9.17) is 4.74 Å². The van der Waals surface area contributed by atoms with Crippen LogP contribution in [0.2, 0.25) is 0 Å². The molecule has 28 heavy (non-hydrogen) atoms. The molecule has 1 saturated heterocycles. The van der Waals surface area contributed by atoms with Crippen LogP contribution in [0.15, 0.2) is 36.7 Å². The van der Waals surface area contributed by atoms with Gasteiger partial charge in [0.15, 0.2) is 0 Å². The molecule has 1 fully saturated rings. The molecule has 1 aliphatic rings. The Balaban J connectivity index is 1.51. The number of carbonyl (C=O) groups excluding carboxylic acids is 2. The molecule has 0 radical (unpaired) electrons. The van der Waals surface area contributed by atoms with E-state index >= 15 is 0 Å². The standard InChI is InChI=1S/C20H25N5O3/c1-15(26)24-9-11-25(12-10-24)19(27)17-13-22-20(23-14-17)21-8-7-16-5-3-4-6-18(16)28-2/h3-6,13-14H,7-12H2,1-2H3,(H,21,22,23). The summed E-state index contributed by atoms with van der Waals surface area (Å²) in [5.74, 6) is 1.27. The van der Waals surface area contributed by atoms with Gasteiger partial charge in [0.1, 0.15) is 5.75 Å². The van der Waals surface area contributed by atoms with Crippen molar-refractivity contribution in [2.24, 2.45) is 0 Å². The fraction of sp³-hybridized carbons (Fsp3) is 0.400. The third-order valence-corrected chi connectivity index (χ3v) is 4.78. The zero-order valence-corrected chi connectivity index (χ0v) is 16.2. The van der Waals surface area contributed by atoms with Gasteiger partial charge in [0, 0.05) is 52.0 Å². The number of anilines is 1. The first kappa shape index (κ1) is 19.6. The Hall–Kier alpha value is -3.16. The van der Waals surface area contributed by atoms with Gasteiger partial charge in [-0.05, 0) is 18.1 Å². The molecule has 2 aromatic rings. The lowest BCUT2D eigenvalue weighted by Crippen LogP contribution is -2.50. The van der Waals surface area contributed by atoms with Crippen LogP contribution in [0.5, 0.6) is 5.75 Å². The summed E-state index contributed by atoms with van der Waals surface area (Å²) in [6.07, 6.45) is 3.85. The van der Waals surface area contributed by atoms with Gasteiger partial charge >= 0.3 is 0 Å². The lowest BCUT2D eigenvalue weighted by atomic mass is 10.1. The molecule has 1 aromatic carbocycles. The van der Waals surface area contributed by atoms with E-state index < -0.39 is 0 Å². The van der Waals surface area contributed by atoms with Crippen LogP contribution in [0, 0.1) is 0 Å². The highest BCUT2D eigenvalue weighted by atomic mass is 16.5. The number of carbonyl (C=O) groups is 2. The molecule has 8 heteroatoms. The zero-order valence-electron chi connectivity index (χ0n) is 16.2. The van der Waals surface area contributed by atoms with E-state index in [-0.39, 0.29) is 11.8 Å². The second-order valence-corrected chi connectivity index (χ2v) is 6.58. The number of aromatic nitrogens is 2. The second-order valence-electron chi connectivity index (χ2n) is 6.58. The van der Waals surface area contributed by atoms with Gasteiger partial charge in [0.25, 0.3) is 5.91 Å². The predicted molar refractivity (Wildman–Crippen MR) is 105 cm³/mol. The molecule has 2 amide bonds. The Morgan fingerprint density at radius 3 is 2.36 bits per heavy atom. The highest BCUT2D eigenvalue weighted by molar-refractivity contribution is 5.93. The number of methoxy groups -OCH3 is 1. The molecule has 2 heterocycles. The monoisotopic (exact) mass is 383 g/mol. The number of ether oxygens (including phenoxy) is 1.